The van der Waals surface area contributed by atoms with Crippen molar-refractivity contribution in [3.63, 3.8) is 0 Å². The third-order valence-corrected chi connectivity index (χ3v) is 5.84. The average molecular weight is 358 g/mol. The summed E-state index contributed by atoms with van der Waals surface area (Å²) in [4.78, 5) is 0. The molecular formula is C26H18N2. The van der Waals surface area contributed by atoms with Crippen LogP contribution in [0.4, 0.5) is 11.4 Å². The van der Waals surface area contributed by atoms with Crippen LogP contribution in [0.15, 0.2) is 95.2 Å². The first-order valence-corrected chi connectivity index (χ1v) is 9.69. The van der Waals surface area contributed by atoms with Gasteiger partial charge in [-0.05, 0) is 81.6 Å². The highest BCUT2D eigenvalue weighted by Gasteiger charge is 2.19. The van der Waals surface area contributed by atoms with E-state index in [1.54, 1.807) is 0 Å². The van der Waals surface area contributed by atoms with E-state index in [4.69, 9.17) is 0 Å². The molecule has 0 atom stereocenters. The molecule has 0 aromatic heterocycles. The molecule has 2 aliphatic carbocycles. The summed E-state index contributed by atoms with van der Waals surface area (Å²) in [5.74, 6) is 0. The second kappa shape index (κ2) is 6.00. The van der Waals surface area contributed by atoms with Crippen molar-refractivity contribution in [1.29, 1.82) is 0 Å². The molecule has 0 aliphatic heterocycles. The summed E-state index contributed by atoms with van der Waals surface area (Å²) in [7, 11) is 0. The van der Waals surface area contributed by atoms with Crippen LogP contribution >= 0.6 is 0 Å². The van der Waals surface area contributed by atoms with Crippen molar-refractivity contribution in [3.8, 4) is 22.3 Å². The molecule has 0 amide bonds. The third-order valence-electron chi connectivity index (χ3n) is 5.84. The zero-order valence-electron chi connectivity index (χ0n) is 15.4. The Balaban J connectivity index is 1.29. The minimum atomic E-state index is 0.912. The largest absolute Gasteiger partial charge is 0.151 e. The number of hydrogen-bond donors (Lipinski definition) is 0. The number of nitrogens with zero attached hydrogens (tertiary/aromatic N) is 2. The Kier molecular flexibility index (Phi) is 3.33. The van der Waals surface area contributed by atoms with E-state index in [9.17, 15) is 0 Å². The van der Waals surface area contributed by atoms with Crippen molar-refractivity contribution in [2.75, 3.05) is 0 Å². The summed E-state index contributed by atoms with van der Waals surface area (Å²) in [6.45, 7) is 0. The van der Waals surface area contributed by atoms with Gasteiger partial charge >= 0.3 is 0 Å². The fourth-order valence-corrected chi connectivity index (χ4v) is 4.50. The van der Waals surface area contributed by atoms with Crippen LogP contribution in [-0.4, -0.2) is 0 Å². The Morgan fingerprint density at radius 2 is 0.857 bits per heavy atom. The van der Waals surface area contributed by atoms with Crippen LogP contribution in [0.3, 0.4) is 0 Å². The van der Waals surface area contributed by atoms with Gasteiger partial charge in [0.2, 0.25) is 0 Å². The molecule has 0 saturated carbocycles. The van der Waals surface area contributed by atoms with Gasteiger partial charge in [0.1, 0.15) is 0 Å². The van der Waals surface area contributed by atoms with Gasteiger partial charge in [0.05, 0.1) is 11.4 Å². The molecular weight excluding hydrogens is 340 g/mol. The Hall–Kier alpha value is -3.52. The van der Waals surface area contributed by atoms with E-state index in [0.717, 1.165) is 24.2 Å². The molecule has 0 unspecified atom stereocenters. The molecule has 0 fully saturated rings. The molecule has 0 spiro atoms. The molecule has 4 aromatic rings. The van der Waals surface area contributed by atoms with Crippen molar-refractivity contribution in [1.82, 2.24) is 0 Å². The number of azo groups is 1. The van der Waals surface area contributed by atoms with Gasteiger partial charge in [0.15, 0.2) is 0 Å². The minimum absolute atomic E-state index is 0.912. The Morgan fingerprint density at radius 3 is 1.36 bits per heavy atom. The highest BCUT2D eigenvalue weighted by atomic mass is 15.1. The summed E-state index contributed by atoms with van der Waals surface area (Å²) >= 11 is 0. The molecule has 2 heteroatoms. The molecule has 0 radical (unpaired) electrons. The van der Waals surface area contributed by atoms with E-state index in [1.807, 2.05) is 0 Å². The summed E-state index contributed by atoms with van der Waals surface area (Å²) in [6.07, 6.45) is 1.96. The second-order valence-electron chi connectivity index (χ2n) is 7.55. The molecule has 2 nitrogen and oxygen atoms in total. The van der Waals surface area contributed by atoms with E-state index in [2.05, 4.69) is 95.2 Å². The molecule has 0 N–H and O–H groups in total. The van der Waals surface area contributed by atoms with Crippen LogP contribution in [0.25, 0.3) is 22.3 Å². The van der Waals surface area contributed by atoms with Gasteiger partial charge in [-0.2, -0.15) is 10.2 Å². The SMILES string of the molecule is c1ccc2c(c1)Cc1cc(N=Nc3ccc4c(c3)Cc3ccccc3-4)ccc1-2. The van der Waals surface area contributed by atoms with Gasteiger partial charge in [-0.15, -0.1) is 0 Å². The molecule has 2 aliphatic rings. The van der Waals surface area contributed by atoms with E-state index >= 15 is 0 Å². The zero-order chi connectivity index (χ0) is 18.5. The molecule has 4 aromatic carbocycles. The van der Waals surface area contributed by atoms with Gasteiger partial charge in [0, 0.05) is 0 Å². The van der Waals surface area contributed by atoms with Gasteiger partial charge in [-0.25, -0.2) is 0 Å². The lowest BCUT2D eigenvalue weighted by Gasteiger charge is -2.02. The summed E-state index contributed by atoms with van der Waals surface area (Å²) in [5, 5.41) is 9.03. The summed E-state index contributed by atoms with van der Waals surface area (Å²) in [5.41, 5.74) is 12.6. The van der Waals surface area contributed by atoms with Crippen LogP contribution in [0, 0.1) is 0 Å². The van der Waals surface area contributed by atoms with Crippen LogP contribution in [0.1, 0.15) is 22.3 Å². The van der Waals surface area contributed by atoms with Gasteiger partial charge in [-0.3, -0.25) is 0 Å². The maximum absolute atomic E-state index is 4.52. The summed E-state index contributed by atoms with van der Waals surface area (Å²) in [6, 6.07) is 30.1. The lowest BCUT2D eigenvalue weighted by Crippen LogP contribution is -1.80. The summed E-state index contributed by atoms with van der Waals surface area (Å²) < 4.78 is 0. The molecule has 28 heavy (non-hydrogen) atoms. The highest BCUT2D eigenvalue weighted by molar-refractivity contribution is 5.79. The van der Waals surface area contributed by atoms with Gasteiger partial charge in [0.25, 0.3) is 0 Å². The van der Waals surface area contributed by atoms with E-state index in [0.29, 0.717) is 0 Å². The first-order chi connectivity index (χ1) is 13.8. The lowest BCUT2D eigenvalue weighted by molar-refractivity contribution is 1.19. The van der Waals surface area contributed by atoms with Crippen molar-refractivity contribution in [2.45, 2.75) is 12.8 Å². The normalized spacial score (nSPS) is 13.3. The minimum Gasteiger partial charge on any atom is -0.151 e. The maximum Gasteiger partial charge on any atom is 0.0860 e. The fourth-order valence-electron chi connectivity index (χ4n) is 4.50. The standard InChI is InChI=1S/C26H18N2/c1-3-7-23-17(5-1)13-19-15-21(9-11-25(19)23)27-28-22-10-12-26-20(16-22)14-18-6-2-4-8-24(18)26/h1-12,15-16H,13-14H2. The van der Waals surface area contributed by atoms with Crippen molar-refractivity contribution >= 4 is 11.4 Å². The van der Waals surface area contributed by atoms with Crippen LogP contribution in [0.5, 0.6) is 0 Å². The first kappa shape index (κ1) is 15.5. The number of fused-ring (bicyclic) bond motifs is 6. The molecule has 0 bridgehead atoms. The van der Waals surface area contributed by atoms with Crippen molar-refractivity contribution in [2.24, 2.45) is 10.2 Å². The third kappa shape index (κ3) is 2.42. The predicted molar refractivity (Wildman–Crippen MR) is 114 cm³/mol. The topological polar surface area (TPSA) is 24.7 Å². The van der Waals surface area contributed by atoms with Crippen LogP contribution < -0.4 is 0 Å². The van der Waals surface area contributed by atoms with E-state index < -0.39 is 0 Å². The predicted octanol–water partition coefficient (Wildman–Crippen LogP) is 7.24. The first-order valence-electron chi connectivity index (χ1n) is 9.69. The average Bonchev–Trinajstić information content (AvgIpc) is 3.29. The number of hydrogen-bond acceptors (Lipinski definition) is 2. The van der Waals surface area contributed by atoms with Gasteiger partial charge in [-0.1, -0.05) is 60.7 Å². The van der Waals surface area contributed by atoms with Crippen LogP contribution in [-0.2, 0) is 12.8 Å². The van der Waals surface area contributed by atoms with E-state index in [1.165, 1.54) is 44.5 Å². The molecule has 0 saturated heterocycles. The highest BCUT2D eigenvalue weighted by Crippen LogP contribution is 2.40. The maximum atomic E-state index is 4.52. The van der Waals surface area contributed by atoms with Crippen LogP contribution in [0.2, 0.25) is 0 Å². The second-order valence-corrected chi connectivity index (χ2v) is 7.55. The quantitative estimate of drug-likeness (QED) is 0.291. The fraction of sp³-hybridized carbons (Fsp3) is 0.0769. The zero-order valence-corrected chi connectivity index (χ0v) is 15.4. The molecule has 132 valence electrons. The monoisotopic (exact) mass is 358 g/mol. The number of benzene rings is 4. The smallest absolute Gasteiger partial charge is 0.0860 e. The van der Waals surface area contributed by atoms with Crippen molar-refractivity contribution < 1.29 is 0 Å². The van der Waals surface area contributed by atoms with Crippen molar-refractivity contribution in [3.05, 3.63) is 107 Å². The Bertz CT molecular complexity index is 1170. The Morgan fingerprint density at radius 1 is 0.429 bits per heavy atom. The molecule has 6 rings (SSSR count). The van der Waals surface area contributed by atoms with Gasteiger partial charge < -0.3 is 0 Å². The number of rotatable bonds is 2. The molecule has 0 heterocycles. The Labute approximate surface area is 164 Å². The lowest BCUT2D eigenvalue weighted by atomic mass is 10.1. The van der Waals surface area contributed by atoms with E-state index in [-0.39, 0.29) is 0 Å².